The number of carbonyl (C=O) groups excluding carboxylic acids is 1. The van der Waals surface area contributed by atoms with Gasteiger partial charge in [-0.1, -0.05) is 47.5 Å². The standard InChI is InChI=1S/C17H13Cl2N3O2/c1-9(10-6-7-13(18)14(19)8-10)20-17(24)15-11-4-2-3-5-12(11)16(23)22-21-15/h2-9H,1H3,(H,20,24)(H,22,23)/t9-/m1/s1. The number of fused-ring (bicyclic) bond motifs is 1. The topological polar surface area (TPSA) is 74.8 Å². The Balaban J connectivity index is 1.91. The average molecular weight is 362 g/mol. The first-order chi connectivity index (χ1) is 11.5. The Morgan fingerprint density at radius 1 is 1.12 bits per heavy atom. The van der Waals surface area contributed by atoms with Crippen molar-refractivity contribution in [2.75, 3.05) is 0 Å². The molecule has 1 amide bonds. The van der Waals surface area contributed by atoms with Crippen LogP contribution in [0.3, 0.4) is 0 Å². The van der Waals surface area contributed by atoms with Crippen LogP contribution in [0, 0.1) is 0 Å². The monoisotopic (exact) mass is 361 g/mol. The highest BCUT2D eigenvalue weighted by molar-refractivity contribution is 6.42. The van der Waals surface area contributed by atoms with Gasteiger partial charge in [0.15, 0.2) is 5.69 Å². The van der Waals surface area contributed by atoms with Crippen LogP contribution in [0.15, 0.2) is 47.3 Å². The second-order valence-corrected chi connectivity index (χ2v) is 6.13. The SMILES string of the molecule is C[C@@H](NC(=O)c1n[nH]c(=O)c2ccccc12)c1ccc(Cl)c(Cl)c1. The van der Waals surface area contributed by atoms with Gasteiger partial charge in [0.1, 0.15) is 0 Å². The average Bonchev–Trinajstić information content (AvgIpc) is 2.57. The van der Waals surface area contributed by atoms with Crippen LogP contribution in [0.4, 0.5) is 0 Å². The fourth-order valence-electron chi connectivity index (χ4n) is 2.42. The van der Waals surface area contributed by atoms with E-state index in [0.717, 1.165) is 5.56 Å². The molecule has 0 bridgehead atoms. The number of hydrogen-bond donors (Lipinski definition) is 2. The lowest BCUT2D eigenvalue weighted by atomic mass is 10.1. The fourth-order valence-corrected chi connectivity index (χ4v) is 2.72. The van der Waals surface area contributed by atoms with Gasteiger partial charge in [-0.15, -0.1) is 0 Å². The first-order valence-electron chi connectivity index (χ1n) is 7.20. The first kappa shape index (κ1) is 16.5. The first-order valence-corrected chi connectivity index (χ1v) is 7.96. The zero-order valence-electron chi connectivity index (χ0n) is 12.6. The Labute approximate surface area is 147 Å². The molecule has 0 aliphatic carbocycles. The molecule has 1 heterocycles. The predicted molar refractivity (Wildman–Crippen MR) is 94.7 cm³/mol. The molecular formula is C17H13Cl2N3O2. The summed E-state index contributed by atoms with van der Waals surface area (Å²) in [6.45, 7) is 1.82. The van der Waals surface area contributed by atoms with Gasteiger partial charge in [0, 0.05) is 5.39 Å². The maximum atomic E-state index is 12.6. The Kier molecular flexibility index (Phi) is 4.55. The van der Waals surface area contributed by atoms with E-state index in [1.54, 1.807) is 42.5 Å². The Morgan fingerprint density at radius 3 is 2.54 bits per heavy atom. The van der Waals surface area contributed by atoms with Crippen LogP contribution in [0.5, 0.6) is 0 Å². The largest absolute Gasteiger partial charge is 0.344 e. The second kappa shape index (κ2) is 6.63. The zero-order chi connectivity index (χ0) is 17.3. The van der Waals surface area contributed by atoms with E-state index in [1.807, 2.05) is 6.92 Å². The molecule has 0 unspecified atom stereocenters. The van der Waals surface area contributed by atoms with E-state index < -0.39 is 0 Å². The number of aromatic amines is 1. The summed E-state index contributed by atoms with van der Waals surface area (Å²) in [4.78, 5) is 24.3. The normalized spacial score (nSPS) is 12.1. The summed E-state index contributed by atoms with van der Waals surface area (Å²) in [5.41, 5.74) is 0.642. The van der Waals surface area contributed by atoms with Gasteiger partial charge in [-0.25, -0.2) is 5.10 Å². The molecule has 0 saturated carbocycles. The fraction of sp³-hybridized carbons (Fsp3) is 0.118. The molecule has 0 radical (unpaired) electrons. The maximum Gasteiger partial charge on any atom is 0.272 e. The molecule has 0 saturated heterocycles. The summed E-state index contributed by atoms with van der Waals surface area (Å²) < 4.78 is 0. The van der Waals surface area contributed by atoms with Crippen LogP contribution in [-0.2, 0) is 0 Å². The lowest BCUT2D eigenvalue weighted by molar-refractivity contribution is 0.0935. The molecule has 2 N–H and O–H groups in total. The molecule has 1 aromatic heterocycles. The van der Waals surface area contributed by atoms with Crippen molar-refractivity contribution in [2.24, 2.45) is 0 Å². The van der Waals surface area contributed by atoms with Crippen molar-refractivity contribution in [3.63, 3.8) is 0 Å². The molecule has 7 heteroatoms. The molecule has 0 aliphatic heterocycles. The summed E-state index contributed by atoms with van der Waals surface area (Å²) in [5.74, 6) is -0.388. The molecule has 24 heavy (non-hydrogen) atoms. The number of rotatable bonds is 3. The number of amides is 1. The Morgan fingerprint density at radius 2 is 1.83 bits per heavy atom. The molecule has 0 spiro atoms. The summed E-state index contributed by atoms with van der Waals surface area (Å²) >= 11 is 11.9. The number of H-pyrrole nitrogens is 1. The molecule has 3 rings (SSSR count). The number of carbonyl (C=O) groups is 1. The summed E-state index contributed by atoms with van der Waals surface area (Å²) in [6.07, 6.45) is 0. The minimum Gasteiger partial charge on any atom is -0.344 e. The van der Waals surface area contributed by atoms with Gasteiger partial charge in [-0.05, 0) is 30.7 Å². The van der Waals surface area contributed by atoms with Crippen LogP contribution in [0.1, 0.15) is 29.0 Å². The van der Waals surface area contributed by atoms with Gasteiger partial charge in [0.05, 0.1) is 21.5 Å². The van der Waals surface area contributed by atoms with Gasteiger partial charge in [-0.3, -0.25) is 9.59 Å². The van der Waals surface area contributed by atoms with Gasteiger partial charge >= 0.3 is 0 Å². The minimum absolute atomic E-state index is 0.164. The smallest absolute Gasteiger partial charge is 0.272 e. The van der Waals surface area contributed by atoms with E-state index in [-0.39, 0.29) is 23.2 Å². The molecule has 0 aliphatic rings. The maximum absolute atomic E-state index is 12.6. The van der Waals surface area contributed by atoms with E-state index in [9.17, 15) is 9.59 Å². The number of hydrogen-bond acceptors (Lipinski definition) is 3. The third-order valence-electron chi connectivity index (χ3n) is 3.70. The highest BCUT2D eigenvalue weighted by Gasteiger charge is 2.17. The van der Waals surface area contributed by atoms with Crippen LogP contribution in [0.25, 0.3) is 10.8 Å². The molecule has 2 aromatic carbocycles. The predicted octanol–water partition coefficient (Wildman–Crippen LogP) is 3.72. The van der Waals surface area contributed by atoms with Gasteiger partial charge < -0.3 is 5.32 Å². The third-order valence-corrected chi connectivity index (χ3v) is 4.44. The van der Waals surface area contributed by atoms with Crippen molar-refractivity contribution in [1.82, 2.24) is 15.5 Å². The van der Waals surface area contributed by atoms with Gasteiger partial charge in [0.2, 0.25) is 0 Å². The minimum atomic E-state index is -0.388. The van der Waals surface area contributed by atoms with E-state index in [2.05, 4.69) is 15.5 Å². The zero-order valence-corrected chi connectivity index (χ0v) is 14.2. The summed E-state index contributed by atoms with van der Waals surface area (Å²) in [5, 5.41) is 10.9. The Hall–Kier alpha value is -2.37. The quantitative estimate of drug-likeness (QED) is 0.746. The lowest BCUT2D eigenvalue weighted by Gasteiger charge is -2.15. The van der Waals surface area contributed by atoms with E-state index in [0.29, 0.717) is 20.8 Å². The van der Waals surface area contributed by atoms with Crippen molar-refractivity contribution < 1.29 is 4.79 Å². The third kappa shape index (κ3) is 3.13. The van der Waals surface area contributed by atoms with E-state index in [4.69, 9.17) is 23.2 Å². The van der Waals surface area contributed by atoms with Crippen molar-refractivity contribution in [3.05, 3.63) is 74.1 Å². The molecule has 5 nitrogen and oxygen atoms in total. The van der Waals surface area contributed by atoms with Crippen molar-refractivity contribution in [3.8, 4) is 0 Å². The van der Waals surface area contributed by atoms with E-state index in [1.165, 1.54) is 0 Å². The van der Waals surface area contributed by atoms with Gasteiger partial charge in [-0.2, -0.15) is 5.10 Å². The highest BCUT2D eigenvalue weighted by Crippen LogP contribution is 2.25. The summed E-state index contributed by atoms with van der Waals surface area (Å²) in [6, 6.07) is 11.7. The van der Waals surface area contributed by atoms with Crippen molar-refractivity contribution in [1.29, 1.82) is 0 Å². The number of nitrogens with one attached hydrogen (secondary N) is 2. The molecule has 1 atom stereocenters. The highest BCUT2D eigenvalue weighted by atomic mass is 35.5. The van der Waals surface area contributed by atoms with Gasteiger partial charge in [0.25, 0.3) is 11.5 Å². The number of nitrogens with zero attached hydrogens (tertiary/aromatic N) is 1. The van der Waals surface area contributed by atoms with Crippen LogP contribution >= 0.6 is 23.2 Å². The molecule has 122 valence electrons. The number of aromatic nitrogens is 2. The van der Waals surface area contributed by atoms with Crippen LogP contribution in [0.2, 0.25) is 10.0 Å². The number of halogens is 2. The van der Waals surface area contributed by atoms with Crippen molar-refractivity contribution >= 4 is 39.9 Å². The summed E-state index contributed by atoms with van der Waals surface area (Å²) in [7, 11) is 0. The van der Waals surface area contributed by atoms with E-state index >= 15 is 0 Å². The molecular weight excluding hydrogens is 349 g/mol. The van der Waals surface area contributed by atoms with Crippen LogP contribution < -0.4 is 10.9 Å². The number of benzene rings is 2. The van der Waals surface area contributed by atoms with Crippen LogP contribution in [-0.4, -0.2) is 16.1 Å². The second-order valence-electron chi connectivity index (χ2n) is 5.32. The lowest BCUT2D eigenvalue weighted by Crippen LogP contribution is -2.29. The molecule has 0 fully saturated rings. The Bertz CT molecular complexity index is 985. The van der Waals surface area contributed by atoms with Crippen molar-refractivity contribution in [2.45, 2.75) is 13.0 Å². The molecule has 3 aromatic rings.